The molecule has 236 valence electrons. The van der Waals surface area contributed by atoms with Crippen molar-refractivity contribution in [3.63, 3.8) is 0 Å². The minimum Gasteiger partial charge on any atom is -0.493 e. The molecule has 6 rings (SSSR count). The number of hydrogen-bond donors (Lipinski definition) is 2. The molecule has 0 aliphatic carbocycles. The van der Waals surface area contributed by atoms with Crippen molar-refractivity contribution in [1.29, 1.82) is 0 Å². The number of esters is 1. The lowest BCUT2D eigenvalue weighted by atomic mass is 9.83. The average Bonchev–Trinajstić information content (AvgIpc) is 3.55. The summed E-state index contributed by atoms with van der Waals surface area (Å²) in [6.07, 6.45) is 0. The van der Waals surface area contributed by atoms with Crippen molar-refractivity contribution in [1.82, 2.24) is 4.98 Å². The largest absolute Gasteiger partial charge is 0.493 e. The van der Waals surface area contributed by atoms with E-state index < -0.39 is 46.6 Å². The average molecular weight is 664 g/mol. The highest BCUT2D eigenvalue weighted by molar-refractivity contribution is 8.00. The van der Waals surface area contributed by atoms with Crippen LogP contribution in [0.2, 0.25) is 0 Å². The van der Waals surface area contributed by atoms with E-state index in [1.165, 1.54) is 55.6 Å². The zero-order valence-electron chi connectivity index (χ0n) is 24.4. The first-order chi connectivity index (χ1) is 22.2. The van der Waals surface area contributed by atoms with Crippen molar-refractivity contribution in [2.75, 3.05) is 30.5 Å². The van der Waals surface area contributed by atoms with Crippen molar-refractivity contribution >= 4 is 58.2 Å². The highest BCUT2D eigenvalue weighted by Gasteiger charge is 2.56. The number of amides is 3. The first-order valence-electron chi connectivity index (χ1n) is 14.1. The van der Waals surface area contributed by atoms with Gasteiger partial charge in [0.25, 0.3) is 5.91 Å². The molecule has 11 nitrogen and oxygen atoms in total. The number of rotatable bonds is 9. The van der Waals surface area contributed by atoms with Crippen molar-refractivity contribution in [3.8, 4) is 11.5 Å². The van der Waals surface area contributed by atoms with Gasteiger partial charge >= 0.3 is 10.8 Å². The minimum atomic E-state index is -0.848. The number of nitrogens with one attached hydrogen (secondary N) is 2. The van der Waals surface area contributed by atoms with Crippen LogP contribution in [0.25, 0.3) is 0 Å². The summed E-state index contributed by atoms with van der Waals surface area (Å²) in [5, 5.41) is 2.31. The van der Waals surface area contributed by atoms with Crippen LogP contribution in [0.15, 0.2) is 76.6 Å². The number of carbonyl (C=O) groups excluding carboxylic acids is 4. The fourth-order valence-corrected chi connectivity index (χ4v) is 7.98. The van der Waals surface area contributed by atoms with Crippen LogP contribution in [-0.4, -0.2) is 54.2 Å². The van der Waals surface area contributed by atoms with E-state index in [4.69, 9.17) is 14.2 Å². The van der Waals surface area contributed by atoms with Gasteiger partial charge in [0, 0.05) is 16.5 Å². The predicted octanol–water partition coefficient (Wildman–Crippen LogP) is 4.57. The van der Waals surface area contributed by atoms with E-state index in [2.05, 4.69) is 10.3 Å². The van der Waals surface area contributed by atoms with E-state index in [1.54, 1.807) is 25.1 Å². The monoisotopic (exact) mass is 663 g/mol. The maximum Gasteiger partial charge on any atom is 0.338 e. The Bertz CT molecular complexity index is 1890. The molecule has 3 atom stereocenters. The summed E-state index contributed by atoms with van der Waals surface area (Å²) in [6.45, 7) is 1.55. The van der Waals surface area contributed by atoms with E-state index in [9.17, 15) is 28.4 Å². The number of H-pyrrole nitrogens is 1. The molecule has 2 aliphatic heterocycles. The molecule has 1 saturated heterocycles. The lowest BCUT2D eigenvalue weighted by Crippen LogP contribution is -2.32. The Labute approximate surface area is 269 Å². The Balaban J connectivity index is 1.27. The number of thioether (sulfide) groups is 1. The van der Waals surface area contributed by atoms with E-state index in [-0.39, 0.29) is 35.1 Å². The van der Waals surface area contributed by atoms with Crippen LogP contribution < -0.4 is 24.6 Å². The molecule has 0 spiro atoms. The third kappa shape index (κ3) is 5.88. The van der Waals surface area contributed by atoms with Gasteiger partial charge in [0.2, 0.25) is 11.8 Å². The number of methoxy groups -OCH3 is 1. The lowest BCUT2D eigenvalue weighted by Gasteiger charge is -2.30. The molecule has 0 radical (unpaired) electrons. The second-order valence-corrected chi connectivity index (χ2v) is 12.4. The summed E-state index contributed by atoms with van der Waals surface area (Å²) in [6, 6.07) is 16.3. The molecule has 3 unspecified atom stereocenters. The van der Waals surface area contributed by atoms with Gasteiger partial charge in [0.1, 0.15) is 11.1 Å². The predicted molar refractivity (Wildman–Crippen MR) is 168 cm³/mol. The number of benzene rings is 3. The van der Waals surface area contributed by atoms with Gasteiger partial charge in [-0.1, -0.05) is 29.2 Å². The van der Waals surface area contributed by atoms with E-state index in [1.807, 2.05) is 0 Å². The number of ether oxygens (including phenoxy) is 3. The number of carbonyl (C=O) groups is 4. The van der Waals surface area contributed by atoms with Gasteiger partial charge in [-0.05, 0) is 73.2 Å². The topological polar surface area (TPSA) is 144 Å². The molecule has 0 bridgehead atoms. The minimum absolute atomic E-state index is 0.211. The van der Waals surface area contributed by atoms with Crippen LogP contribution in [0.4, 0.5) is 15.8 Å². The summed E-state index contributed by atoms with van der Waals surface area (Å²) in [5.41, 5.74) is 1.61. The first kappa shape index (κ1) is 31.0. The summed E-state index contributed by atoms with van der Waals surface area (Å²) < 4.78 is 29.5. The number of aromatic nitrogens is 1. The van der Waals surface area contributed by atoms with Crippen molar-refractivity contribution < 1.29 is 37.8 Å². The highest BCUT2D eigenvalue weighted by atomic mass is 32.2. The fourth-order valence-electron chi connectivity index (χ4n) is 5.46. The zero-order valence-corrected chi connectivity index (χ0v) is 26.0. The number of fused-ring (bicyclic) bond motifs is 2. The number of halogens is 1. The van der Waals surface area contributed by atoms with Crippen LogP contribution in [0.1, 0.15) is 33.6 Å². The van der Waals surface area contributed by atoms with Gasteiger partial charge in [-0.25, -0.2) is 14.1 Å². The number of nitrogens with zero attached hydrogens (tertiary/aromatic N) is 1. The molecule has 0 saturated carbocycles. The summed E-state index contributed by atoms with van der Waals surface area (Å²) in [7, 11) is 1.43. The van der Waals surface area contributed by atoms with Gasteiger partial charge < -0.3 is 24.5 Å². The van der Waals surface area contributed by atoms with Crippen LogP contribution in [0.3, 0.4) is 0 Å². The van der Waals surface area contributed by atoms with Crippen LogP contribution in [-0.2, 0) is 19.1 Å². The summed E-state index contributed by atoms with van der Waals surface area (Å²) in [5.74, 6) is -3.30. The molecule has 1 fully saturated rings. The Morgan fingerprint density at radius 2 is 1.72 bits per heavy atom. The molecule has 46 heavy (non-hydrogen) atoms. The third-order valence-corrected chi connectivity index (χ3v) is 9.90. The Hall–Kier alpha value is -4.95. The number of aromatic amines is 1. The molecule has 4 aromatic rings. The smallest absolute Gasteiger partial charge is 0.338 e. The zero-order chi connectivity index (χ0) is 32.5. The molecule has 3 amide bonds. The second kappa shape index (κ2) is 12.8. The number of thiazole rings is 1. The molecule has 2 N–H and O–H groups in total. The molecular weight excluding hydrogens is 637 g/mol. The molecule has 3 aromatic carbocycles. The third-order valence-electron chi connectivity index (χ3n) is 7.49. The molecule has 3 heterocycles. The Morgan fingerprint density at radius 3 is 2.41 bits per heavy atom. The van der Waals surface area contributed by atoms with Crippen LogP contribution in [0.5, 0.6) is 11.5 Å². The van der Waals surface area contributed by atoms with Gasteiger partial charge in [0.05, 0.1) is 35.9 Å². The van der Waals surface area contributed by atoms with E-state index >= 15 is 0 Å². The fraction of sp³-hybridized carbons (Fsp3) is 0.219. The SMILES string of the molecule is CCOC(=O)c1ccc(N2C(=O)C3Sc4[nH]c(=O)sc4C(c4ccc(OCC(=O)Nc5ccc(F)cc5)c(OC)c4)C3C2=O)cc1. The normalized spacial score (nSPS) is 18.5. The number of hydrogen-bond acceptors (Lipinski definition) is 10. The number of imide groups is 1. The maximum absolute atomic E-state index is 14.0. The van der Waals surface area contributed by atoms with Crippen LogP contribution in [0, 0.1) is 11.7 Å². The molecular formula is C32H26FN3O8S2. The highest BCUT2D eigenvalue weighted by Crippen LogP contribution is 2.53. The Kier molecular flexibility index (Phi) is 8.65. The summed E-state index contributed by atoms with van der Waals surface area (Å²) in [4.78, 5) is 69.0. The van der Waals surface area contributed by atoms with E-state index in [0.29, 0.717) is 26.8 Å². The molecule has 2 aliphatic rings. The quantitative estimate of drug-likeness (QED) is 0.194. The standard InChI is InChI=1S/C32H26FN3O8S2/c1-3-43-31(40)16-4-11-20(12-5-16)36-29(38)25-24(26-28(35-32(41)46-26)45-27(25)30(36)39)17-6-13-21(22(14-17)42-2)44-15-23(37)34-19-9-7-18(33)8-10-19/h4-14,24-25,27H,3,15H2,1-2H3,(H,34,37)(H,35,41). The molecule has 14 heteroatoms. The van der Waals surface area contributed by atoms with Gasteiger partial charge in [-0.3, -0.25) is 19.2 Å². The lowest BCUT2D eigenvalue weighted by molar-refractivity contribution is -0.122. The van der Waals surface area contributed by atoms with Crippen molar-refractivity contribution in [2.24, 2.45) is 5.92 Å². The Morgan fingerprint density at radius 1 is 0.978 bits per heavy atom. The van der Waals surface area contributed by atoms with Crippen LogP contribution >= 0.6 is 23.1 Å². The molecule has 1 aromatic heterocycles. The van der Waals surface area contributed by atoms with Gasteiger partial charge in [-0.15, -0.1) is 0 Å². The number of anilines is 2. The van der Waals surface area contributed by atoms with E-state index in [0.717, 1.165) is 28.0 Å². The maximum atomic E-state index is 14.0. The van der Waals surface area contributed by atoms with Crippen molar-refractivity contribution in [2.45, 2.75) is 23.1 Å². The van der Waals surface area contributed by atoms with Gasteiger partial charge in [0.15, 0.2) is 18.1 Å². The first-order valence-corrected chi connectivity index (χ1v) is 15.8. The second-order valence-electron chi connectivity index (χ2n) is 10.3. The summed E-state index contributed by atoms with van der Waals surface area (Å²) >= 11 is 2.12. The van der Waals surface area contributed by atoms with Crippen molar-refractivity contribution in [3.05, 3.63) is 98.2 Å². The van der Waals surface area contributed by atoms with Gasteiger partial charge in [-0.2, -0.15) is 0 Å².